The summed E-state index contributed by atoms with van der Waals surface area (Å²) in [4.78, 5) is 32.4. The topological polar surface area (TPSA) is 85.7 Å². The first-order valence-electron chi connectivity index (χ1n) is 12.0. The third-order valence-electron chi connectivity index (χ3n) is 5.96. The highest BCUT2D eigenvalue weighted by Gasteiger charge is 2.23. The number of ether oxygens (including phenoxy) is 2. The fourth-order valence-corrected chi connectivity index (χ4v) is 3.95. The first-order chi connectivity index (χ1) is 18.3. The van der Waals surface area contributed by atoms with E-state index in [0.717, 1.165) is 5.56 Å². The van der Waals surface area contributed by atoms with Crippen molar-refractivity contribution >= 4 is 17.8 Å². The van der Waals surface area contributed by atoms with Gasteiger partial charge < -0.3 is 14.4 Å². The standard InChI is InChI=1S/C29H29FN4O4/c1-19(2)33(28(36)21-10-12-22(30)13-11-21)18-27(35)32-29-31-24(20-8-6-5-7-9-20)17-34(29)23-14-15-25(37-3)26(16-23)38-4/h5-17,19H,18H2,1-4H3,(H,31,32,35). The van der Waals surface area contributed by atoms with Crippen molar-refractivity contribution in [3.8, 4) is 28.4 Å². The molecule has 1 heterocycles. The maximum Gasteiger partial charge on any atom is 0.254 e. The predicted octanol–water partition coefficient (Wildman–Crippen LogP) is 5.18. The maximum atomic E-state index is 13.3. The minimum atomic E-state index is -0.438. The fourth-order valence-electron chi connectivity index (χ4n) is 3.95. The van der Waals surface area contributed by atoms with Gasteiger partial charge in [-0.1, -0.05) is 30.3 Å². The number of aromatic nitrogens is 2. The third-order valence-corrected chi connectivity index (χ3v) is 5.96. The highest BCUT2D eigenvalue weighted by molar-refractivity contribution is 5.99. The van der Waals surface area contributed by atoms with Gasteiger partial charge in [0.05, 0.1) is 25.6 Å². The first kappa shape index (κ1) is 26.4. The Bertz CT molecular complexity index is 1420. The number of methoxy groups -OCH3 is 2. The molecule has 0 aliphatic rings. The number of anilines is 1. The molecular weight excluding hydrogens is 487 g/mol. The van der Waals surface area contributed by atoms with Crippen molar-refractivity contribution in [2.45, 2.75) is 19.9 Å². The van der Waals surface area contributed by atoms with E-state index < -0.39 is 11.7 Å². The van der Waals surface area contributed by atoms with Gasteiger partial charge in [0.25, 0.3) is 5.91 Å². The molecule has 1 N–H and O–H groups in total. The lowest BCUT2D eigenvalue weighted by molar-refractivity contribution is -0.117. The van der Waals surface area contributed by atoms with Gasteiger partial charge in [-0.2, -0.15) is 0 Å². The van der Waals surface area contributed by atoms with Crippen molar-refractivity contribution in [1.82, 2.24) is 14.5 Å². The quantitative estimate of drug-likeness (QED) is 0.331. The largest absolute Gasteiger partial charge is 0.493 e. The lowest BCUT2D eigenvalue weighted by Crippen LogP contribution is -2.42. The van der Waals surface area contributed by atoms with Gasteiger partial charge in [-0.25, -0.2) is 9.37 Å². The molecule has 1 aromatic heterocycles. The second-order valence-electron chi connectivity index (χ2n) is 8.81. The number of nitrogens with one attached hydrogen (secondary N) is 1. The Balaban J connectivity index is 1.65. The molecule has 9 heteroatoms. The van der Waals surface area contributed by atoms with Gasteiger partial charge in [0.15, 0.2) is 11.5 Å². The van der Waals surface area contributed by atoms with Crippen molar-refractivity contribution < 1.29 is 23.5 Å². The lowest BCUT2D eigenvalue weighted by Gasteiger charge is -2.26. The number of rotatable bonds is 9. The molecule has 0 aliphatic carbocycles. The van der Waals surface area contributed by atoms with Gasteiger partial charge in [0, 0.05) is 29.4 Å². The molecule has 0 fully saturated rings. The Hall–Kier alpha value is -4.66. The summed E-state index contributed by atoms with van der Waals surface area (Å²) in [7, 11) is 3.11. The van der Waals surface area contributed by atoms with Crippen molar-refractivity contribution in [3.05, 3.63) is 90.4 Å². The van der Waals surface area contributed by atoms with Gasteiger partial charge in [-0.3, -0.25) is 19.5 Å². The number of halogens is 1. The van der Waals surface area contributed by atoms with E-state index in [0.29, 0.717) is 28.4 Å². The van der Waals surface area contributed by atoms with Crippen LogP contribution in [0.5, 0.6) is 11.5 Å². The monoisotopic (exact) mass is 516 g/mol. The van der Waals surface area contributed by atoms with Crippen LogP contribution in [-0.2, 0) is 4.79 Å². The zero-order valence-electron chi connectivity index (χ0n) is 21.6. The Morgan fingerprint density at radius 2 is 1.66 bits per heavy atom. The van der Waals surface area contributed by atoms with Crippen molar-refractivity contribution in [3.63, 3.8) is 0 Å². The highest BCUT2D eigenvalue weighted by atomic mass is 19.1. The van der Waals surface area contributed by atoms with Crippen LogP contribution in [-0.4, -0.2) is 53.1 Å². The molecule has 0 unspecified atom stereocenters. The summed E-state index contributed by atoms with van der Waals surface area (Å²) in [6.07, 6.45) is 1.82. The van der Waals surface area contributed by atoms with E-state index in [4.69, 9.17) is 9.47 Å². The van der Waals surface area contributed by atoms with E-state index in [9.17, 15) is 14.0 Å². The van der Waals surface area contributed by atoms with Gasteiger partial charge in [-0.05, 0) is 50.2 Å². The second kappa shape index (κ2) is 11.6. The lowest BCUT2D eigenvalue weighted by atomic mass is 10.1. The average Bonchev–Trinajstić information content (AvgIpc) is 3.35. The highest BCUT2D eigenvalue weighted by Crippen LogP contribution is 2.31. The van der Waals surface area contributed by atoms with E-state index in [2.05, 4.69) is 10.3 Å². The van der Waals surface area contributed by atoms with Crippen LogP contribution in [0.15, 0.2) is 79.0 Å². The SMILES string of the molecule is COc1ccc(-n2cc(-c3ccccc3)nc2NC(=O)CN(C(=O)c2ccc(F)cc2)C(C)C)cc1OC. The summed E-state index contributed by atoms with van der Waals surface area (Å²) in [5.41, 5.74) is 2.51. The van der Waals surface area contributed by atoms with Crippen LogP contribution in [0.2, 0.25) is 0 Å². The van der Waals surface area contributed by atoms with Crippen molar-refractivity contribution in [2.75, 3.05) is 26.1 Å². The molecule has 0 saturated heterocycles. The summed E-state index contributed by atoms with van der Waals surface area (Å²) in [6.45, 7) is 3.41. The minimum Gasteiger partial charge on any atom is -0.493 e. The number of imidazole rings is 1. The number of amides is 2. The summed E-state index contributed by atoms with van der Waals surface area (Å²) in [6, 6.07) is 19.9. The zero-order chi connectivity index (χ0) is 27.2. The van der Waals surface area contributed by atoms with Gasteiger partial charge >= 0.3 is 0 Å². The number of hydrogen-bond acceptors (Lipinski definition) is 5. The Morgan fingerprint density at radius 1 is 0.974 bits per heavy atom. The number of benzene rings is 3. The van der Waals surface area contributed by atoms with E-state index in [1.54, 1.807) is 30.9 Å². The summed E-state index contributed by atoms with van der Waals surface area (Å²) in [5.74, 6) is 0.125. The normalized spacial score (nSPS) is 10.8. The number of carbonyl (C=O) groups is 2. The van der Waals surface area contributed by atoms with Gasteiger partial charge in [0.1, 0.15) is 12.4 Å². The second-order valence-corrected chi connectivity index (χ2v) is 8.81. The molecule has 196 valence electrons. The van der Waals surface area contributed by atoms with Crippen molar-refractivity contribution in [2.24, 2.45) is 0 Å². The molecule has 8 nitrogen and oxygen atoms in total. The van der Waals surface area contributed by atoms with E-state index in [1.165, 1.54) is 29.2 Å². The summed E-state index contributed by atoms with van der Waals surface area (Å²) < 4.78 is 25.9. The molecule has 4 aromatic rings. The third kappa shape index (κ3) is 5.83. The van der Waals surface area contributed by atoms with Crippen LogP contribution in [0.1, 0.15) is 24.2 Å². The Morgan fingerprint density at radius 3 is 2.29 bits per heavy atom. The van der Waals surface area contributed by atoms with Crippen LogP contribution in [0.25, 0.3) is 16.9 Å². The number of carbonyl (C=O) groups excluding carboxylic acids is 2. The Labute approximate surface area is 220 Å². The van der Waals surface area contributed by atoms with Crippen LogP contribution in [0.3, 0.4) is 0 Å². The van der Waals surface area contributed by atoms with Crippen LogP contribution >= 0.6 is 0 Å². The molecule has 0 spiro atoms. The van der Waals surface area contributed by atoms with E-state index in [-0.39, 0.29) is 24.4 Å². The zero-order valence-corrected chi connectivity index (χ0v) is 21.6. The van der Waals surface area contributed by atoms with Gasteiger partial charge in [0.2, 0.25) is 11.9 Å². The smallest absolute Gasteiger partial charge is 0.254 e. The fraction of sp³-hybridized carbons (Fsp3) is 0.207. The first-order valence-corrected chi connectivity index (χ1v) is 12.0. The van der Waals surface area contributed by atoms with E-state index >= 15 is 0 Å². The number of hydrogen-bond donors (Lipinski definition) is 1. The number of nitrogens with zero attached hydrogens (tertiary/aromatic N) is 3. The van der Waals surface area contributed by atoms with Crippen molar-refractivity contribution in [1.29, 1.82) is 0 Å². The van der Waals surface area contributed by atoms with E-state index in [1.807, 2.05) is 56.4 Å². The molecule has 38 heavy (non-hydrogen) atoms. The van der Waals surface area contributed by atoms with Gasteiger partial charge in [-0.15, -0.1) is 0 Å². The minimum absolute atomic E-state index is 0.215. The van der Waals surface area contributed by atoms with Crippen LogP contribution < -0.4 is 14.8 Å². The van der Waals surface area contributed by atoms with Crippen LogP contribution in [0, 0.1) is 5.82 Å². The molecule has 0 bridgehead atoms. The molecule has 0 radical (unpaired) electrons. The molecule has 0 atom stereocenters. The molecule has 4 rings (SSSR count). The van der Waals surface area contributed by atoms with Crippen LogP contribution in [0.4, 0.5) is 10.3 Å². The molecule has 0 aliphatic heterocycles. The maximum absolute atomic E-state index is 13.3. The molecular formula is C29H29FN4O4. The summed E-state index contributed by atoms with van der Waals surface area (Å²) >= 11 is 0. The molecule has 0 saturated carbocycles. The molecule has 3 aromatic carbocycles. The predicted molar refractivity (Wildman–Crippen MR) is 143 cm³/mol. The summed E-state index contributed by atoms with van der Waals surface area (Å²) in [5, 5.41) is 2.85. The Kier molecular flexibility index (Phi) is 8.06. The average molecular weight is 517 g/mol. The molecule has 2 amide bonds.